The fourth-order valence-electron chi connectivity index (χ4n) is 2.04. The maximum absolute atomic E-state index is 12.3. The lowest BCUT2D eigenvalue weighted by molar-refractivity contribution is -0.137. The van der Waals surface area contributed by atoms with Crippen LogP contribution in [0.25, 0.3) is 0 Å². The van der Waals surface area contributed by atoms with Gasteiger partial charge in [-0.1, -0.05) is 20.8 Å². The lowest BCUT2D eigenvalue weighted by Crippen LogP contribution is -2.51. The second kappa shape index (κ2) is 7.17. The van der Waals surface area contributed by atoms with Crippen LogP contribution in [0.2, 0.25) is 0 Å². The van der Waals surface area contributed by atoms with Gasteiger partial charge < -0.3 is 9.80 Å². The Kier molecular flexibility index (Phi) is 6.17. The molecule has 0 unspecified atom stereocenters. The number of rotatable bonds is 4. The van der Waals surface area contributed by atoms with Gasteiger partial charge in [-0.3, -0.25) is 9.59 Å². The van der Waals surface area contributed by atoms with E-state index >= 15 is 0 Å². The molecule has 0 saturated carbocycles. The van der Waals surface area contributed by atoms with Gasteiger partial charge in [0.15, 0.2) is 0 Å². The zero-order valence-corrected chi connectivity index (χ0v) is 13.5. The number of nitrogens with zero attached hydrogens (tertiary/aromatic N) is 2. The van der Waals surface area contributed by atoms with E-state index in [1.807, 2.05) is 11.8 Å². The van der Waals surface area contributed by atoms with Crippen LogP contribution in [0.3, 0.4) is 0 Å². The summed E-state index contributed by atoms with van der Waals surface area (Å²) in [6.07, 6.45) is 0. The van der Waals surface area contributed by atoms with Gasteiger partial charge in [0.1, 0.15) is 0 Å². The van der Waals surface area contributed by atoms with E-state index in [1.165, 1.54) is 0 Å². The van der Waals surface area contributed by atoms with Crippen LogP contribution in [0, 0.1) is 5.92 Å². The van der Waals surface area contributed by atoms with Crippen molar-refractivity contribution in [2.24, 2.45) is 5.92 Å². The Morgan fingerprint density at radius 1 is 0.947 bits per heavy atom. The molecule has 110 valence electrons. The summed E-state index contributed by atoms with van der Waals surface area (Å²) in [6, 6.07) is 0. The fourth-order valence-corrected chi connectivity index (χ4v) is 3.26. The van der Waals surface area contributed by atoms with Crippen molar-refractivity contribution in [3.05, 3.63) is 0 Å². The molecule has 5 heteroatoms. The Morgan fingerprint density at radius 3 is 1.84 bits per heavy atom. The maximum Gasteiger partial charge on any atom is 0.235 e. The molecule has 1 aliphatic heterocycles. The predicted molar refractivity (Wildman–Crippen MR) is 80.2 cm³/mol. The first kappa shape index (κ1) is 16.3. The van der Waals surface area contributed by atoms with E-state index in [-0.39, 0.29) is 17.1 Å². The van der Waals surface area contributed by atoms with Gasteiger partial charge in [-0.05, 0) is 12.8 Å². The first-order valence-electron chi connectivity index (χ1n) is 7.02. The topological polar surface area (TPSA) is 40.6 Å². The molecule has 0 bridgehead atoms. The van der Waals surface area contributed by atoms with Crippen molar-refractivity contribution in [3.63, 3.8) is 0 Å². The third kappa shape index (κ3) is 4.71. The molecule has 4 nitrogen and oxygen atoms in total. The van der Waals surface area contributed by atoms with Gasteiger partial charge >= 0.3 is 0 Å². The van der Waals surface area contributed by atoms with Gasteiger partial charge in [-0.25, -0.2) is 0 Å². The largest absolute Gasteiger partial charge is 0.339 e. The van der Waals surface area contributed by atoms with Crippen LogP contribution < -0.4 is 0 Å². The first-order chi connectivity index (χ1) is 8.82. The minimum Gasteiger partial charge on any atom is -0.339 e. The van der Waals surface area contributed by atoms with Gasteiger partial charge in [-0.2, -0.15) is 0 Å². The molecule has 0 N–H and O–H groups in total. The highest BCUT2D eigenvalue weighted by Gasteiger charge is 2.27. The average Bonchev–Trinajstić information content (AvgIpc) is 2.37. The lowest BCUT2D eigenvalue weighted by Gasteiger charge is -2.35. The predicted octanol–water partition coefficient (Wildman–Crippen LogP) is 1.84. The number of amides is 2. The molecule has 0 aliphatic carbocycles. The number of carbonyl (C=O) groups excluding carboxylic acids is 2. The lowest BCUT2D eigenvalue weighted by atomic mass is 10.2. The third-order valence-corrected chi connectivity index (χ3v) is 5.33. The second-order valence-electron chi connectivity index (χ2n) is 5.56. The van der Waals surface area contributed by atoms with Crippen LogP contribution in [-0.2, 0) is 9.59 Å². The molecule has 1 fully saturated rings. The van der Waals surface area contributed by atoms with Crippen LogP contribution >= 0.6 is 11.8 Å². The number of piperazine rings is 1. The Labute approximate surface area is 120 Å². The molecule has 0 aromatic carbocycles. The van der Waals surface area contributed by atoms with Crippen LogP contribution in [-0.4, -0.2) is 58.3 Å². The Balaban J connectivity index is 2.44. The van der Waals surface area contributed by atoms with Gasteiger partial charge in [0.2, 0.25) is 11.8 Å². The van der Waals surface area contributed by atoms with Crippen molar-refractivity contribution < 1.29 is 9.59 Å². The summed E-state index contributed by atoms with van der Waals surface area (Å²) in [7, 11) is 0. The molecule has 19 heavy (non-hydrogen) atoms. The summed E-state index contributed by atoms with van der Waals surface area (Å²) < 4.78 is 0. The van der Waals surface area contributed by atoms with Gasteiger partial charge in [0.25, 0.3) is 0 Å². The molecule has 1 heterocycles. The number of hydrogen-bond acceptors (Lipinski definition) is 3. The average molecular weight is 286 g/mol. The molecule has 2 amide bonds. The highest BCUT2D eigenvalue weighted by Crippen LogP contribution is 2.25. The summed E-state index contributed by atoms with van der Waals surface area (Å²) in [5, 5.41) is 0.485. The van der Waals surface area contributed by atoms with Gasteiger partial charge in [-0.15, -0.1) is 11.8 Å². The monoisotopic (exact) mass is 286 g/mol. The van der Waals surface area contributed by atoms with E-state index in [1.54, 1.807) is 23.6 Å². The van der Waals surface area contributed by atoms with E-state index < -0.39 is 0 Å². The maximum atomic E-state index is 12.3. The van der Waals surface area contributed by atoms with Gasteiger partial charge in [0.05, 0.1) is 5.25 Å². The number of hydrogen-bond donors (Lipinski definition) is 0. The van der Waals surface area contributed by atoms with Crippen LogP contribution in [0.5, 0.6) is 0 Å². The van der Waals surface area contributed by atoms with Crippen molar-refractivity contribution in [3.8, 4) is 0 Å². The van der Waals surface area contributed by atoms with E-state index in [4.69, 9.17) is 0 Å². The summed E-state index contributed by atoms with van der Waals surface area (Å²) in [4.78, 5) is 27.3. The van der Waals surface area contributed by atoms with Crippen molar-refractivity contribution in [2.45, 2.75) is 45.1 Å². The van der Waals surface area contributed by atoms with E-state index in [9.17, 15) is 9.59 Å². The smallest absolute Gasteiger partial charge is 0.235 e. The zero-order valence-electron chi connectivity index (χ0n) is 12.7. The molecular weight excluding hydrogens is 260 g/mol. The highest BCUT2D eigenvalue weighted by atomic mass is 32.2. The summed E-state index contributed by atoms with van der Waals surface area (Å²) >= 11 is 1.74. The second-order valence-corrected chi connectivity index (χ2v) is 7.28. The third-order valence-electron chi connectivity index (χ3n) is 3.74. The molecule has 0 radical (unpaired) electrons. The summed E-state index contributed by atoms with van der Waals surface area (Å²) in [5.41, 5.74) is 0. The van der Waals surface area contributed by atoms with Crippen LogP contribution in [0.15, 0.2) is 0 Å². The standard InChI is InChI=1S/C14H26N2O2S/c1-10(2)11(3)19-12(4)14(18)16-8-6-15(7-9-16)13(5)17/h10-12H,6-9H2,1-5H3/t11-,12-/m1/s1. The minimum atomic E-state index is 0.00118. The quantitative estimate of drug-likeness (QED) is 0.792. The Morgan fingerprint density at radius 2 is 1.42 bits per heavy atom. The van der Waals surface area contributed by atoms with Crippen molar-refractivity contribution in [2.75, 3.05) is 26.2 Å². The minimum absolute atomic E-state index is 0.00118. The fraction of sp³-hybridized carbons (Fsp3) is 0.857. The summed E-state index contributed by atoms with van der Waals surface area (Å²) in [6.45, 7) is 12.8. The highest BCUT2D eigenvalue weighted by molar-refractivity contribution is 8.01. The number of carbonyl (C=O) groups is 2. The van der Waals surface area contributed by atoms with E-state index in [0.29, 0.717) is 37.3 Å². The van der Waals surface area contributed by atoms with Crippen molar-refractivity contribution in [1.29, 1.82) is 0 Å². The first-order valence-corrected chi connectivity index (χ1v) is 7.97. The van der Waals surface area contributed by atoms with Gasteiger partial charge in [0, 0.05) is 38.4 Å². The molecule has 0 aromatic rings. The molecular formula is C14H26N2O2S. The molecule has 2 atom stereocenters. The van der Waals surface area contributed by atoms with E-state index in [2.05, 4.69) is 20.8 Å². The SMILES string of the molecule is CC(=O)N1CCN(C(=O)[C@@H](C)S[C@H](C)C(C)C)CC1. The van der Waals surface area contributed by atoms with E-state index in [0.717, 1.165) is 0 Å². The zero-order chi connectivity index (χ0) is 14.6. The number of thioether (sulfide) groups is 1. The molecule has 0 spiro atoms. The summed E-state index contributed by atoms with van der Waals surface area (Å²) in [5.74, 6) is 0.887. The normalized spacial score (nSPS) is 19.5. The van der Waals surface area contributed by atoms with Crippen molar-refractivity contribution >= 4 is 23.6 Å². The molecule has 0 aromatic heterocycles. The molecule has 1 saturated heterocycles. The van der Waals surface area contributed by atoms with Crippen LogP contribution in [0.1, 0.15) is 34.6 Å². The Bertz CT molecular complexity index is 325. The van der Waals surface area contributed by atoms with Crippen LogP contribution in [0.4, 0.5) is 0 Å². The molecule has 1 rings (SSSR count). The van der Waals surface area contributed by atoms with Crippen molar-refractivity contribution in [1.82, 2.24) is 9.80 Å². The Hall–Kier alpha value is -0.710. The molecule has 1 aliphatic rings.